The van der Waals surface area contributed by atoms with Gasteiger partial charge in [-0.15, -0.1) is 0 Å². The minimum atomic E-state index is 0.495. The van der Waals surface area contributed by atoms with Gasteiger partial charge in [0.25, 0.3) is 0 Å². The Morgan fingerprint density at radius 2 is 1.75 bits per heavy atom. The molecule has 0 fully saturated rings. The summed E-state index contributed by atoms with van der Waals surface area (Å²) in [5.74, 6) is 2.01. The second kappa shape index (κ2) is 6.46. The van der Waals surface area contributed by atoms with Gasteiger partial charge in [-0.3, -0.25) is 0 Å². The molecule has 90 valence electrons. The van der Waals surface area contributed by atoms with Gasteiger partial charge in [-0.1, -0.05) is 27.7 Å². The summed E-state index contributed by atoms with van der Waals surface area (Å²) in [4.78, 5) is 8.59. The number of anilines is 1. The summed E-state index contributed by atoms with van der Waals surface area (Å²) in [7, 11) is 0. The number of rotatable bonds is 6. The van der Waals surface area contributed by atoms with Gasteiger partial charge in [0.1, 0.15) is 0 Å². The zero-order valence-electron chi connectivity index (χ0n) is 10.8. The Hall–Kier alpha value is -1.12. The fourth-order valence-electron chi connectivity index (χ4n) is 1.44. The van der Waals surface area contributed by atoms with Crippen LogP contribution in [0.4, 0.5) is 5.95 Å². The number of hydrogen-bond donors (Lipinski definition) is 1. The minimum absolute atomic E-state index is 0.495. The highest BCUT2D eigenvalue weighted by Gasteiger charge is 2.01. The van der Waals surface area contributed by atoms with Gasteiger partial charge in [0.05, 0.1) is 0 Å². The van der Waals surface area contributed by atoms with Crippen LogP contribution in [0.1, 0.15) is 52.0 Å². The van der Waals surface area contributed by atoms with Gasteiger partial charge in [-0.2, -0.15) is 0 Å². The molecular weight excluding hydrogens is 198 g/mol. The molecule has 3 heteroatoms. The Morgan fingerprint density at radius 3 is 2.25 bits per heavy atom. The molecule has 1 rings (SSSR count). The van der Waals surface area contributed by atoms with Crippen LogP contribution in [-0.2, 0) is 0 Å². The monoisotopic (exact) mass is 221 g/mol. The molecule has 0 aromatic carbocycles. The highest BCUT2D eigenvalue weighted by atomic mass is 15.1. The molecule has 1 aromatic rings. The highest BCUT2D eigenvalue weighted by molar-refractivity contribution is 5.25. The quantitative estimate of drug-likeness (QED) is 0.748. The molecule has 0 radical (unpaired) electrons. The van der Waals surface area contributed by atoms with Crippen LogP contribution < -0.4 is 5.32 Å². The van der Waals surface area contributed by atoms with Crippen LogP contribution in [0.2, 0.25) is 0 Å². The van der Waals surface area contributed by atoms with E-state index >= 15 is 0 Å². The highest BCUT2D eigenvalue weighted by Crippen LogP contribution is 2.12. The number of hydrogen-bond acceptors (Lipinski definition) is 3. The topological polar surface area (TPSA) is 37.8 Å². The van der Waals surface area contributed by atoms with Gasteiger partial charge < -0.3 is 5.32 Å². The van der Waals surface area contributed by atoms with Crippen LogP contribution in [0, 0.1) is 5.92 Å². The fourth-order valence-corrected chi connectivity index (χ4v) is 1.44. The van der Waals surface area contributed by atoms with E-state index in [0.717, 1.165) is 18.4 Å². The smallest absolute Gasteiger partial charge is 0.222 e. The molecular formula is C13H23N3. The summed E-state index contributed by atoms with van der Waals surface area (Å²) >= 11 is 0. The van der Waals surface area contributed by atoms with E-state index in [4.69, 9.17) is 0 Å². The maximum atomic E-state index is 4.29. The van der Waals surface area contributed by atoms with Crippen molar-refractivity contribution < 1.29 is 0 Å². The number of aromatic nitrogens is 2. The Labute approximate surface area is 98.7 Å². The first-order chi connectivity index (χ1) is 7.59. The predicted octanol–water partition coefficient (Wildman–Crippen LogP) is 3.45. The molecule has 0 saturated heterocycles. The van der Waals surface area contributed by atoms with E-state index in [2.05, 4.69) is 43.0 Å². The summed E-state index contributed by atoms with van der Waals surface area (Å²) in [5, 5.41) is 3.24. The van der Waals surface area contributed by atoms with Gasteiger partial charge in [-0.25, -0.2) is 9.97 Å². The molecule has 0 aliphatic carbocycles. The lowest BCUT2D eigenvalue weighted by Gasteiger charge is -2.08. The third-order valence-corrected chi connectivity index (χ3v) is 2.58. The average molecular weight is 221 g/mol. The van der Waals surface area contributed by atoms with Crippen molar-refractivity contribution >= 4 is 5.95 Å². The van der Waals surface area contributed by atoms with Crippen molar-refractivity contribution in [3.63, 3.8) is 0 Å². The normalized spacial score (nSPS) is 11.1. The Morgan fingerprint density at radius 1 is 1.12 bits per heavy atom. The van der Waals surface area contributed by atoms with Gasteiger partial charge in [0.2, 0.25) is 5.95 Å². The van der Waals surface area contributed by atoms with Crippen molar-refractivity contribution in [1.82, 2.24) is 9.97 Å². The number of nitrogens with one attached hydrogen (secondary N) is 1. The van der Waals surface area contributed by atoms with Gasteiger partial charge in [-0.05, 0) is 30.2 Å². The zero-order valence-corrected chi connectivity index (χ0v) is 10.8. The molecule has 0 unspecified atom stereocenters. The fraction of sp³-hybridized carbons (Fsp3) is 0.692. The van der Waals surface area contributed by atoms with E-state index in [0.29, 0.717) is 5.92 Å². The number of nitrogens with zero attached hydrogens (tertiary/aromatic N) is 2. The van der Waals surface area contributed by atoms with Crippen LogP contribution in [0.25, 0.3) is 0 Å². The molecule has 3 nitrogen and oxygen atoms in total. The molecule has 0 amide bonds. The predicted molar refractivity (Wildman–Crippen MR) is 68.7 cm³/mol. The van der Waals surface area contributed by atoms with Crippen LogP contribution in [-0.4, -0.2) is 16.5 Å². The molecule has 0 spiro atoms. The molecule has 1 heterocycles. The lowest BCUT2D eigenvalue weighted by atomic mass is 10.1. The zero-order chi connectivity index (χ0) is 12.0. The van der Waals surface area contributed by atoms with Crippen molar-refractivity contribution in [3.05, 3.63) is 18.0 Å². The average Bonchev–Trinajstić information content (AvgIpc) is 2.25. The van der Waals surface area contributed by atoms with E-state index in [1.807, 2.05) is 12.4 Å². The molecule has 0 aliphatic rings. The molecule has 0 bridgehead atoms. The van der Waals surface area contributed by atoms with E-state index < -0.39 is 0 Å². The van der Waals surface area contributed by atoms with E-state index in [-0.39, 0.29) is 0 Å². The lowest BCUT2D eigenvalue weighted by Crippen LogP contribution is -2.06. The first kappa shape index (κ1) is 12.9. The van der Waals surface area contributed by atoms with Gasteiger partial charge >= 0.3 is 0 Å². The molecule has 0 atom stereocenters. The van der Waals surface area contributed by atoms with Crippen LogP contribution in [0.3, 0.4) is 0 Å². The summed E-state index contributed by atoms with van der Waals surface area (Å²) in [6.07, 6.45) is 6.23. The summed E-state index contributed by atoms with van der Waals surface area (Å²) in [6.45, 7) is 9.74. The first-order valence-electron chi connectivity index (χ1n) is 6.15. The maximum Gasteiger partial charge on any atom is 0.222 e. The van der Waals surface area contributed by atoms with Crippen LogP contribution >= 0.6 is 0 Å². The lowest BCUT2D eigenvalue weighted by molar-refractivity contribution is 0.566. The summed E-state index contributed by atoms with van der Waals surface area (Å²) < 4.78 is 0. The van der Waals surface area contributed by atoms with E-state index in [1.54, 1.807) is 0 Å². The van der Waals surface area contributed by atoms with Crippen LogP contribution in [0.15, 0.2) is 12.4 Å². The Balaban J connectivity index is 2.32. The Kier molecular flexibility index (Phi) is 5.23. The third kappa shape index (κ3) is 4.60. The van der Waals surface area contributed by atoms with Crippen molar-refractivity contribution in [2.45, 2.75) is 46.5 Å². The minimum Gasteiger partial charge on any atom is -0.354 e. The summed E-state index contributed by atoms with van der Waals surface area (Å²) in [6, 6.07) is 0. The molecule has 1 aromatic heterocycles. The molecule has 16 heavy (non-hydrogen) atoms. The van der Waals surface area contributed by atoms with Gasteiger partial charge in [0, 0.05) is 18.9 Å². The molecule has 1 N–H and O–H groups in total. The van der Waals surface area contributed by atoms with Crippen molar-refractivity contribution in [2.24, 2.45) is 5.92 Å². The van der Waals surface area contributed by atoms with Crippen molar-refractivity contribution in [2.75, 3.05) is 11.9 Å². The second-order valence-corrected chi connectivity index (χ2v) is 4.96. The molecule has 0 aliphatic heterocycles. The Bertz CT molecular complexity index is 291. The van der Waals surface area contributed by atoms with E-state index in [9.17, 15) is 0 Å². The third-order valence-electron chi connectivity index (χ3n) is 2.58. The summed E-state index contributed by atoms with van der Waals surface area (Å²) in [5.41, 5.74) is 1.19. The largest absolute Gasteiger partial charge is 0.354 e. The standard InChI is InChI=1S/C13H23N3/c1-10(2)6-5-7-14-13-15-8-12(9-16-13)11(3)4/h8-11H,5-7H2,1-4H3,(H,14,15,16). The SMILES string of the molecule is CC(C)CCCNc1ncc(C(C)C)cn1. The molecule has 0 saturated carbocycles. The van der Waals surface area contributed by atoms with Crippen molar-refractivity contribution in [1.29, 1.82) is 0 Å². The van der Waals surface area contributed by atoms with Crippen LogP contribution in [0.5, 0.6) is 0 Å². The van der Waals surface area contributed by atoms with Gasteiger partial charge in [0.15, 0.2) is 0 Å². The first-order valence-corrected chi connectivity index (χ1v) is 6.15. The second-order valence-electron chi connectivity index (χ2n) is 4.96. The van der Waals surface area contributed by atoms with Crippen molar-refractivity contribution in [3.8, 4) is 0 Å². The maximum absolute atomic E-state index is 4.29. The van der Waals surface area contributed by atoms with E-state index in [1.165, 1.54) is 18.4 Å².